The van der Waals surface area contributed by atoms with E-state index in [1.165, 1.54) is 27.8 Å². The molecule has 0 saturated heterocycles. The Labute approximate surface area is 132 Å². The molecule has 2 N–H and O–H groups in total. The van der Waals surface area contributed by atoms with Gasteiger partial charge in [-0.15, -0.1) is 0 Å². The lowest BCUT2D eigenvalue weighted by molar-refractivity contribution is 0.921. The summed E-state index contributed by atoms with van der Waals surface area (Å²) in [5, 5.41) is 7.14. The number of benzene rings is 2. The van der Waals surface area contributed by atoms with Crippen LogP contribution in [0.3, 0.4) is 0 Å². The molecule has 0 aliphatic heterocycles. The van der Waals surface area contributed by atoms with Crippen LogP contribution in [0.2, 0.25) is 0 Å². The van der Waals surface area contributed by atoms with Crippen LogP contribution in [0.5, 0.6) is 0 Å². The van der Waals surface area contributed by atoms with Crippen LogP contribution in [0, 0.1) is 27.7 Å². The number of nitrogens with one attached hydrogen (secondary N) is 2. The summed E-state index contributed by atoms with van der Waals surface area (Å²) in [5.41, 5.74) is 7.37. The largest absolute Gasteiger partial charge is 0.358 e. The van der Waals surface area contributed by atoms with Gasteiger partial charge in [0.25, 0.3) is 0 Å². The van der Waals surface area contributed by atoms with Crippen molar-refractivity contribution in [1.82, 2.24) is 5.32 Å². The first-order valence-corrected chi connectivity index (χ1v) is 7.54. The van der Waals surface area contributed by atoms with Crippen molar-refractivity contribution >= 4 is 23.0 Å². The molecule has 2 aromatic carbocycles. The molecule has 2 aromatic rings. The number of hydrogen-bond acceptors (Lipinski definition) is 1. The average molecular weight is 298 g/mol. The van der Waals surface area contributed by atoms with E-state index in [1.807, 2.05) is 6.07 Å². The van der Waals surface area contributed by atoms with Crippen molar-refractivity contribution in [3.63, 3.8) is 0 Å². The molecule has 3 heteroatoms. The fraction of sp³-hybridized carbons (Fsp3) is 0.278. The predicted octanol–water partition coefficient (Wildman–Crippen LogP) is 4.41. The van der Waals surface area contributed by atoms with Crippen LogP contribution in [-0.4, -0.2) is 5.11 Å². The normalized spacial score (nSPS) is 10.3. The van der Waals surface area contributed by atoms with E-state index in [2.05, 4.69) is 68.7 Å². The summed E-state index contributed by atoms with van der Waals surface area (Å²) >= 11 is 5.35. The summed E-state index contributed by atoms with van der Waals surface area (Å²) in [6, 6.07) is 12.8. The highest BCUT2D eigenvalue weighted by Gasteiger charge is 2.01. The highest BCUT2D eigenvalue weighted by Crippen LogP contribution is 2.14. The minimum atomic E-state index is 0.650. The lowest BCUT2D eigenvalue weighted by atomic mass is 10.1. The van der Waals surface area contributed by atoms with Gasteiger partial charge in [-0.1, -0.05) is 35.4 Å². The predicted molar refractivity (Wildman–Crippen MR) is 94.9 cm³/mol. The molecular weight excluding hydrogens is 276 g/mol. The van der Waals surface area contributed by atoms with Crippen molar-refractivity contribution in [2.24, 2.45) is 0 Å². The summed E-state index contributed by atoms with van der Waals surface area (Å²) in [4.78, 5) is 0. The monoisotopic (exact) mass is 298 g/mol. The Morgan fingerprint density at radius 1 is 0.905 bits per heavy atom. The van der Waals surface area contributed by atoms with Crippen molar-refractivity contribution in [1.29, 1.82) is 0 Å². The summed E-state index contributed by atoms with van der Waals surface area (Å²) in [6.07, 6.45) is 0. The van der Waals surface area contributed by atoms with Crippen LogP contribution in [0.15, 0.2) is 36.4 Å². The smallest absolute Gasteiger partial charge is 0.171 e. The van der Waals surface area contributed by atoms with E-state index in [1.54, 1.807) is 0 Å². The Morgan fingerprint density at radius 3 is 2.19 bits per heavy atom. The molecule has 0 spiro atoms. The Hall–Kier alpha value is -1.87. The van der Waals surface area contributed by atoms with Gasteiger partial charge < -0.3 is 10.6 Å². The molecule has 21 heavy (non-hydrogen) atoms. The van der Waals surface area contributed by atoms with Crippen molar-refractivity contribution in [3.05, 3.63) is 64.2 Å². The minimum Gasteiger partial charge on any atom is -0.358 e. The van der Waals surface area contributed by atoms with E-state index in [4.69, 9.17) is 12.2 Å². The number of thiocarbonyl (C=S) groups is 1. The quantitative estimate of drug-likeness (QED) is 0.821. The van der Waals surface area contributed by atoms with Gasteiger partial charge >= 0.3 is 0 Å². The van der Waals surface area contributed by atoms with Crippen LogP contribution >= 0.6 is 12.2 Å². The second-order valence-corrected chi connectivity index (χ2v) is 6.01. The number of aryl methyl sites for hydroxylation is 4. The minimum absolute atomic E-state index is 0.650. The number of anilines is 1. The van der Waals surface area contributed by atoms with Gasteiger partial charge in [0.1, 0.15) is 0 Å². The van der Waals surface area contributed by atoms with Crippen molar-refractivity contribution in [2.45, 2.75) is 34.2 Å². The molecule has 0 aromatic heterocycles. The average Bonchev–Trinajstić information content (AvgIpc) is 2.40. The third kappa shape index (κ3) is 4.57. The topological polar surface area (TPSA) is 24.1 Å². The Kier molecular flexibility index (Phi) is 4.97. The maximum atomic E-state index is 5.35. The van der Waals surface area contributed by atoms with E-state index in [-0.39, 0.29) is 0 Å². The molecule has 2 rings (SSSR count). The zero-order chi connectivity index (χ0) is 15.4. The SMILES string of the molecule is Cc1cc(C)cc(CNC(=S)Nc2ccc(C)c(C)c2)c1. The van der Waals surface area contributed by atoms with Crippen molar-refractivity contribution < 1.29 is 0 Å². The van der Waals surface area contributed by atoms with Gasteiger partial charge in [-0.25, -0.2) is 0 Å². The van der Waals surface area contributed by atoms with E-state index < -0.39 is 0 Å². The van der Waals surface area contributed by atoms with Gasteiger partial charge in [0.15, 0.2) is 5.11 Å². The van der Waals surface area contributed by atoms with Crippen LogP contribution in [0.4, 0.5) is 5.69 Å². The van der Waals surface area contributed by atoms with Gasteiger partial charge in [0.2, 0.25) is 0 Å². The zero-order valence-electron chi connectivity index (χ0n) is 13.1. The van der Waals surface area contributed by atoms with E-state index in [0.29, 0.717) is 5.11 Å². The fourth-order valence-corrected chi connectivity index (χ4v) is 2.54. The zero-order valence-corrected chi connectivity index (χ0v) is 13.9. The van der Waals surface area contributed by atoms with Gasteiger partial charge in [0.05, 0.1) is 0 Å². The maximum absolute atomic E-state index is 5.35. The third-order valence-corrected chi connectivity index (χ3v) is 3.75. The number of rotatable bonds is 3. The van der Waals surface area contributed by atoms with Crippen molar-refractivity contribution in [3.8, 4) is 0 Å². The van der Waals surface area contributed by atoms with Gasteiger partial charge in [-0.05, 0) is 68.7 Å². The van der Waals surface area contributed by atoms with Gasteiger partial charge in [-0.2, -0.15) is 0 Å². The Balaban J connectivity index is 1.94. The second-order valence-electron chi connectivity index (χ2n) is 5.60. The van der Waals surface area contributed by atoms with Crippen LogP contribution in [0.1, 0.15) is 27.8 Å². The number of hydrogen-bond donors (Lipinski definition) is 2. The molecule has 0 bridgehead atoms. The van der Waals surface area contributed by atoms with Gasteiger partial charge in [0, 0.05) is 12.2 Å². The molecular formula is C18H22N2S. The molecule has 0 heterocycles. The fourth-order valence-electron chi connectivity index (χ4n) is 2.35. The molecule has 0 unspecified atom stereocenters. The lowest BCUT2D eigenvalue weighted by Crippen LogP contribution is -2.28. The second kappa shape index (κ2) is 6.72. The molecule has 0 aliphatic carbocycles. The summed E-state index contributed by atoms with van der Waals surface area (Å²) in [5.74, 6) is 0. The van der Waals surface area contributed by atoms with Gasteiger partial charge in [-0.3, -0.25) is 0 Å². The Morgan fingerprint density at radius 2 is 1.57 bits per heavy atom. The molecule has 110 valence electrons. The van der Waals surface area contributed by atoms with E-state index in [9.17, 15) is 0 Å². The molecule has 0 aliphatic rings. The molecule has 0 atom stereocenters. The van der Waals surface area contributed by atoms with Crippen LogP contribution in [0.25, 0.3) is 0 Å². The Bertz CT molecular complexity index is 642. The van der Waals surface area contributed by atoms with Crippen molar-refractivity contribution in [2.75, 3.05) is 5.32 Å². The first-order valence-electron chi connectivity index (χ1n) is 7.13. The highest BCUT2D eigenvalue weighted by atomic mass is 32.1. The highest BCUT2D eigenvalue weighted by molar-refractivity contribution is 7.80. The lowest BCUT2D eigenvalue weighted by Gasteiger charge is -2.12. The summed E-state index contributed by atoms with van der Waals surface area (Å²) in [6.45, 7) is 9.17. The summed E-state index contributed by atoms with van der Waals surface area (Å²) < 4.78 is 0. The molecule has 2 nitrogen and oxygen atoms in total. The molecule has 0 fully saturated rings. The molecule has 0 radical (unpaired) electrons. The molecule has 0 amide bonds. The first kappa shape index (κ1) is 15.5. The first-order chi connectivity index (χ1) is 9.94. The third-order valence-electron chi connectivity index (χ3n) is 3.50. The standard InChI is InChI=1S/C18H22N2S/c1-12-7-13(2)9-16(8-12)11-19-18(21)20-17-6-5-14(3)15(4)10-17/h5-10H,11H2,1-4H3,(H2,19,20,21). The van der Waals surface area contributed by atoms with E-state index >= 15 is 0 Å². The van der Waals surface area contributed by atoms with Crippen LogP contribution < -0.4 is 10.6 Å². The molecule has 0 saturated carbocycles. The van der Waals surface area contributed by atoms with E-state index in [0.717, 1.165) is 12.2 Å². The van der Waals surface area contributed by atoms with Crippen LogP contribution in [-0.2, 0) is 6.54 Å². The summed E-state index contributed by atoms with van der Waals surface area (Å²) in [7, 11) is 0. The maximum Gasteiger partial charge on any atom is 0.171 e.